The van der Waals surface area contributed by atoms with Gasteiger partial charge in [-0.05, 0) is 47.6 Å². The molecule has 150 valence electrons. The normalized spacial score (nSPS) is 25.4. The van der Waals surface area contributed by atoms with E-state index in [1.54, 1.807) is 7.11 Å². The first-order chi connectivity index (χ1) is 13.6. The molecule has 0 aliphatic carbocycles. The number of piperazine rings is 1. The molecule has 3 atom stereocenters. The van der Waals surface area contributed by atoms with E-state index in [9.17, 15) is 0 Å². The van der Waals surface area contributed by atoms with Crippen molar-refractivity contribution in [3.05, 3.63) is 65.2 Å². The van der Waals surface area contributed by atoms with E-state index >= 15 is 0 Å². The van der Waals surface area contributed by atoms with Crippen molar-refractivity contribution >= 4 is 17.4 Å². The number of hydrogen-bond donors (Lipinski definition) is 1. The van der Waals surface area contributed by atoms with Crippen molar-refractivity contribution in [2.45, 2.75) is 57.3 Å². The molecule has 0 amide bonds. The summed E-state index contributed by atoms with van der Waals surface area (Å²) in [6, 6.07) is 19.2. The summed E-state index contributed by atoms with van der Waals surface area (Å²) in [7, 11) is 1.72. The number of fused-ring (bicyclic) bond motifs is 3. The number of thiol groups is 1. The number of benzene rings is 2. The van der Waals surface area contributed by atoms with Gasteiger partial charge in [-0.1, -0.05) is 56.1 Å². The highest BCUT2D eigenvalue weighted by Crippen LogP contribution is 2.46. The quantitative estimate of drug-likeness (QED) is 0.545. The summed E-state index contributed by atoms with van der Waals surface area (Å²) in [5.74, 6) is 5.73. The van der Waals surface area contributed by atoms with Gasteiger partial charge < -0.3 is 4.74 Å². The van der Waals surface area contributed by atoms with E-state index in [0.717, 1.165) is 30.4 Å². The number of methoxy groups -OCH3 is 1. The van der Waals surface area contributed by atoms with Gasteiger partial charge in [0.25, 0.3) is 0 Å². The van der Waals surface area contributed by atoms with Crippen LogP contribution in [0.5, 0.6) is 5.75 Å². The van der Waals surface area contributed by atoms with Gasteiger partial charge in [0.05, 0.1) is 13.2 Å². The topological polar surface area (TPSA) is 15.7 Å². The minimum atomic E-state index is 0.434. The third-order valence-electron chi connectivity index (χ3n) is 6.38. The van der Waals surface area contributed by atoms with E-state index in [1.807, 2.05) is 0 Å². The van der Waals surface area contributed by atoms with E-state index in [2.05, 4.69) is 77.5 Å². The van der Waals surface area contributed by atoms with Crippen LogP contribution in [0.2, 0.25) is 0 Å². The molecule has 0 aromatic heterocycles. The zero-order chi connectivity index (χ0) is 19.7. The van der Waals surface area contributed by atoms with E-state index < -0.39 is 0 Å². The van der Waals surface area contributed by atoms with Crippen LogP contribution >= 0.6 is 11.5 Å². The third kappa shape index (κ3) is 3.66. The summed E-state index contributed by atoms with van der Waals surface area (Å²) in [4.78, 5) is 2.71. The van der Waals surface area contributed by atoms with Gasteiger partial charge in [-0.15, -0.1) is 11.5 Å². The minimum absolute atomic E-state index is 0.434. The van der Waals surface area contributed by atoms with Crippen molar-refractivity contribution in [3.63, 3.8) is 0 Å². The molecule has 2 aromatic carbocycles. The van der Waals surface area contributed by atoms with Crippen LogP contribution in [0.25, 0.3) is 0 Å². The number of nitrogens with zero attached hydrogens (tertiary/aromatic N) is 2. The van der Waals surface area contributed by atoms with Crippen LogP contribution in [-0.2, 0) is 6.54 Å². The molecule has 3 aliphatic rings. The molecule has 0 saturated carbocycles. The fourth-order valence-electron chi connectivity index (χ4n) is 5.03. The van der Waals surface area contributed by atoms with Gasteiger partial charge in [-0.3, -0.25) is 4.90 Å². The average Bonchev–Trinajstić information content (AvgIpc) is 2.74. The molecule has 2 bridgehead atoms. The zero-order valence-corrected chi connectivity index (χ0v) is 18.1. The number of rotatable bonds is 6. The van der Waals surface area contributed by atoms with E-state index in [0.29, 0.717) is 24.0 Å². The highest BCUT2D eigenvalue weighted by Gasteiger charge is 2.46. The van der Waals surface area contributed by atoms with Crippen LogP contribution < -0.4 is 4.74 Å². The standard InChI is InChI=1S/C24H32N2OS/c1-17(2)21-7-5-6-8-22(21)24-23-14-11-19(26(24)28-4)16-25(23)15-18-9-12-20(27-3)13-10-18/h5-10,12-13,17,19,23-24,28H,4,11,14-16H2,1-3H3. The van der Waals surface area contributed by atoms with Gasteiger partial charge in [-0.25, -0.2) is 4.31 Å². The van der Waals surface area contributed by atoms with Crippen LogP contribution in [0.4, 0.5) is 0 Å². The van der Waals surface area contributed by atoms with Gasteiger partial charge in [0.15, 0.2) is 0 Å². The molecular weight excluding hydrogens is 364 g/mol. The third-order valence-corrected chi connectivity index (χ3v) is 7.28. The summed E-state index contributed by atoms with van der Waals surface area (Å²) >= 11 is 1.15. The Morgan fingerprint density at radius 2 is 1.86 bits per heavy atom. The van der Waals surface area contributed by atoms with Crippen molar-refractivity contribution in [2.75, 3.05) is 13.7 Å². The van der Waals surface area contributed by atoms with Crippen molar-refractivity contribution in [2.24, 2.45) is 0 Å². The molecule has 5 rings (SSSR count). The molecule has 0 N–H and O–H groups in total. The van der Waals surface area contributed by atoms with Crippen LogP contribution in [0.15, 0.2) is 48.5 Å². The first kappa shape index (κ1) is 19.7. The molecule has 3 aliphatic heterocycles. The highest BCUT2D eigenvalue weighted by atomic mass is 32.1. The molecule has 3 saturated heterocycles. The van der Waals surface area contributed by atoms with Crippen LogP contribution in [0, 0.1) is 0 Å². The molecule has 3 nitrogen and oxygen atoms in total. The lowest BCUT2D eigenvalue weighted by atomic mass is 9.80. The van der Waals surface area contributed by atoms with E-state index in [1.165, 1.54) is 29.5 Å². The number of piperidine rings is 2. The maximum absolute atomic E-state index is 5.32. The molecule has 3 unspecified atom stereocenters. The second-order valence-electron chi connectivity index (χ2n) is 8.33. The van der Waals surface area contributed by atoms with Gasteiger partial charge in [-0.2, -0.15) is 0 Å². The van der Waals surface area contributed by atoms with Crippen molar-refractivity contribution < 1.29 is 4.74 Å². The SMILES string of the molecule is C=[SH]N1C2CCC(C1c1ccccc1C(C)C)N(Cc1ccc(OC)cc1)C2. The van der Waals surface area contributed by atoms with Crippen molar-refractivity contribution in [3.8, 4) is 5.75 Å². The Kier molecular flexibility index (Phi) is 5.91. The summed E-state index contributed by atoms with van der Waals surface area (Å²) in [5, 5.41) is 0. The predicted octanol–water partition coefficient (Wildman–Crippen LogP) is 5.02. The first-order valence-corrected chi connectivity index (χ1v) is 11.4. The van der Waals surface area contributed by atoms with Crippen molar-refractivity contribution in [1.82, 2.24) is 9.21 Å². The van der Waals surface area contributed by atoms with E-state index in [-0.39, 0.29) is 0 Å². The number of hydrogen-bond acceptors (Lipinski definition) is 3. The summed E-state index contributed by atoms with van der Waals surface area (Å²) in [6.45, 7) is 6.76. The first-order valence-electron chi connectivity index (χ1n) is 10.3. The highest BCUT2D eigenvalue weighted by molar-refractivity contribution is 7.94. The summed E-state index contributed by atoms with van der Waals surface area (Å²) in [5.41, 5.74) is 4.35. The Morgan fingerprint density at radius 1 is 1.11 bits per heavy atom. The summed E-state index contributed by atoms with van der Waals surface area (Å²) in [6.07, 6.45) is 2.55. The van der Waals surface area contributed by atoms with Crippen LogP contribution in [0.3, 0.4) is 0 Å². The summed E-state index contributed by atoms with van der Waals surface area (Å²) < 4.78 is 7.96. The maximum atomic E-state index is 5.32. The molecule has 2 aromatic rings. The fourth-order valence-corrected chi connectivity index (χ4v) is 5.90. The molecule has 3 heterocycles. The molecule has 4 heteroatoms. The van der Waals surface area contributed by atoms with Gasteiger partial charge >= 0.3 is 0 Å². The van der Waals surface area contributed by atoms with Gasteiger partial charge in [0.2, 0.25) is 0 Å². The van der Waals surface area contributed by atoms with Gasteiger partial charge in [0, 0.05) is 25.2 Å². The Balaban J connectivity index is 1.65. The van der Waals surface area contributed by atoms with Crippen LogP contribution in [-0.4, -0.2) is 40.8 Å². The molecular formula is C24H32N2OS. The van der Waals surface area contributed by atoms with E-state index in [4.69, 9.17) is 4.74 Å². The largest absolute Gasteiger partial charge is 0.497 e. The Hall–Kier alpha value is -1.62. The van der Waals surface area contributed by atoms with Gasteiger partial charge in [0.1, 0.15) is 5.75 Å². The Morgan fingerprint density at radius 3 is 2.54 bits per heavy atom. The smallest absolute Gasteiger partial charge is 0.118 e. The molecule has 0 spiro atoms. The monoisotopic (exact) mass is 396 g/mol. The molecule has 0 radical (unpaired) electrons. The molecule has 28 heavy (non-hydrogen) atoms. The molecule has 3 fully saturated rings. The second kappa shape index (κ2) is 8.40. The lowest BCUT2D eigenvalue weighted by Gasteiger charge is -2.56. The van der Waals surface area contributed by atoms with Crippen LogP contribution in [0.1, 0.15) is 55.3 Å². The lowest BCUT2D eigenvalue weighted by Crippen LogP contribution is -2.61. The Labute approximate surface area is 173 Å². The lowest BCUT2D eigenvalue weighted by molar-refractivity contribution is -0.0215. The fraction of sp³-hybridized carbons (Fsp3) is 0.458. The maximum Gasteiger partial charge on any atom is 0.118 e. The Bertz CT molecular complexity index is 820. The number of ether oxygens (including phenoxy) is 1. The van der Waals surface area contributed by atoms with Crippen molar-refractivity contribution in [1.29, 1.82) is 0 Å². The average molecular weight is 397 g/mol. The predicted molar refractivity (Wildman–Crippen MR) is 121 cm³/mol. The zero-order valence-electron chi connectivity index (χ0n) is 17.2. The second-order valence-corrected chi connectivity index (χ2v) is 9.07. The minimum Gasteiger partial charge on any atom is -0.497 e.